The van der Waals surface area contributed by atoms with Gasteiger partial charge >= 0.3 is 7.12 Å². The van der Waals surface area contributed by atoms with Crippen molar-refractivity contribution in [2.75, 3.05) is 0 Å². The summed E-state index contributed by atoms with van der Waals surface area (Å²) in [6.45, 7) is 0. The Hall–Kier alpha value is -2.64. The van der Waals surface area contributed by atoms with Gasteiger partial charge < -0.3 is 19.9 Å². The van der Waals surface area contributed by atoms with Crippen molar-refractivity contribution in [2.45, 2.75) is 0 Å². The highest BCUT2D eigenvalue weighted by atomic mass is 19.1. The Morgan fingerprint density at radius 3 is 2.59 bits per heavy atom. The van der Waals surface area contributed by atoms with Gasteiger partial charge in [0.2, 0.25) is 5.78 Å². The summed E-state index contributed by atoms with van der Waals surface area (Å²) >= 11 is 0. The lowest BCUT2D eigenvalue weighted by atomic mass is 9.80. The number of ether oxygens (including phenoxy) is 1. The number of allylic oxidation sites excluding steroid dienone is 1. The summed E-state index contributed by atoms with van der Waals surface area (Å²) in [5.41, 5.74) is 0.364. The van der Waals surface area contributed by atoms with Crippen molar-refractivity contribution in [2.24, 2.45) is 0 Å². The van der Waals surface area contributed by atoms with Gasteiger partial charge in [-0.25, -0.2) is 4.39 Å². The van der Waals surface area contributed by atoms with Crippen LogP contribution in [0.4, 0.5) is 4.39 Å². The van der Waals surface area contributed by atoms with Crippen LogP contribution >= 0.6 is 0 Å². The van der Waals surface area contributed by atoms with E-state index in [1.165, 1.54) is 36.4 Å². The van der Waals surface area contributed by atoms with Gasteiger partial charge in [0.15, 0.2) is 5.76 Å². The maximum absolute atomic E-state index is 13.9. The molecule has 0 unspecified atom stereocenters. The van der Waals surface area contributed by atoms with Crippen LogP contribution in [0.2, 0.25) is 0 Å². The molecule has 22 heavy (non-hydrogen) atoms. The second-order valence-corrected chi connectivity index (χ2v) is 4.77. The smallest absolute Gasteiger partial charge is 0.488 e. The Morgan fingerprint density at radius 1 is 1.14 bits per heavy atom. The Labute approximate surface area is 125 Å². The number of Topliss-reactive ketones (excluding diaryl/α,β-unsaturated/α-hetero) is 1. The Kier molecular flexibility index (Phi) is 3.44. The second kappa shape index (κ2) is 5.29. The Morgan fingerprint density at radius 2 is 1.91 bits per heavy atom. The zero-order valence-corrected chi connectivity index (χ0v) is 11.2. The molecule has 110 valence electrons. The van der Waals surface area contributed by atoms with Gasteiger partial charge in [-0.05, 0) is 29.7 Å². The van der Waals surface area contributed by atoms with Crippen LogP contribution in [-0.2, 0) is 0 Å². The molecule has 1 aliphatic rings. The Balaban J connectivity index is 1.96. The van der Waals surface area contributed by atoms with Gasteiger partial charge in [-0.3, -0.25) is 4.79 Å². The molecular weight excluding hydrogens is 290 g/mol. The summed E-state index contributed by atoms with van der Waals surface area (Å²) < 4.78 is 19.2. The molecular formula is C15H10BFO5. The highest BCUT2D eigenvalue weighted by Gasteiger charge is 2.28. The number of phenolic OH excluding ortho intramolecular Hbond substituents is 1. The van der Waals surface area contributed by atoms with Crippen molar-refractivity contribution in [1.82, 2.24) is 0 Å². The van der Waals surface area contributed by atoms with E-state index in [-0.39, 0.29) is 33.8 Å². The number of halogens is 1. The maximum atomic E-state index is 13.9. The van der Waals surface area contributed by atoms with Crippen molar-refractivity contribution in [1.29, 1.82) is 0 Å². The molecule has 0 atom stereocenters. The summed E-state index contributed by atoms with van der Waals surface area (Å²) in [5.74, 6) is -1.04. The van der Waals surface area contributed by atoms with Gasteiger partial charge in [0.05, 0.1) is 5.56 Å². The van der Waals surface area contributed by atoms with Gasteiger partial charge in [0.25, 0.3) is 0 Å². The molecule has 0 radical (unpaired) electrons. The summed E-state index contributed by atoms with van der Waals surface area (Å²) in [6, 6.07) is 7.70. The molecule has 0 saturated heterocycles. The average Bonchev–Trinajstić information content (AvgIpc) is 2.76. The van der Waals surface area contributed by atoms with E-state index in [4.69, 9.17) is 14.8 Å². The summed E-state index contributed by atoms with van der Waals surface area (Å²) in [7, 11) is -1.77. The Bertz CT molecular complexity index is 801. The lowest BCUT2D eigenvalue weighted by Gasteiger charge is -2.03. The minimum atomic E-state index is -1.77. The van der Waals surface area contributed by atoms with E-state index in [1.807, 2.05) is 0 Å². The van der Waals surface area contributed by atoms with Gasteiger partial charge in [0, 0.05) is 11.6 Å². The number of carbonyl (C=O) groups is 1. The molecule has 2 aromatic carbocycles. The first kappa shape index (κ1) is 14.3. The van der Waals surface area contributed by atoms with Crippen molar-refractivity contribution < 1.29 is 29.1 Å². The van der Waals surface area contributed by atoms with Crippen molar-refractivity contribution in [3.63, 3.8) is 0 Å². The molecule has 1 heterocycles. The number of carbonyl (C=O) groups excluding carboxylic acids is 1. The standard InChI is InChI=1S/C15H10BFO5/c17-12-6-9(16(20)21)2-1-8(12)5-14-15(19)11-4-3-10(18)7-13(11)22-14/h1-7,18,20-21H/b14-5-. The molecule has 1 aliphatic heterocycles. The fourth-order valence-corrected chi connectivity index (χ4v) is 2.14. The van der Waals surface area contributed by atoms with Gasteiger partial charge in [0.1, 0.15) is 17.3 Å². The molecule has 5 nitrogen and oxygen atoms in total. The van der Waals surface area contributed by atoms with Crippen LogP contribution in [0.1, 0.15) is 15.9 Å². The summed E-state index contributed by atoms with van der Waals surface area (Å²) in [6.07, 6.45) is 1.22. The van der Waals surface area contributed by atoms with Crippen molar-refractivity contribution in [3.8, 4) is 11.5 Å². The van der Waals surface area contributed by atoms with Gasteiger partial charge in [-0.15, -0.1) is 0 Å². The number of fused-ring (bicyclic) bond motifs is 1. The quantitative estimate of drug-likeness (QED) is 0.565. The number of aromatic hydroxyl groups is 1. The lowest BCUT2D eigenvalue weighted by molar-refractivity contribution is 0.101. The van der Waals surface area contributed by atoms with Gasteiger partial charge in [-0.2, -0.15) is 0 Å². The molecule has 7 heteroatoms. The number of hydrogen-bond acceptors (Lipinski definition) is 5. The molecule has 0 aromatic heterocycles. The third kappa shape index (κ3) is 2.47. The van der Waals surface area contributed by atoms with Gasteiger partial charge in [-0.1, -0.05) is 12.1 Å². The van der Waals surface area contributed by atoms with Crippen LogP contribution in [0.3, 0.4) is 0 Å². The highest BCUT2D eigenvalue weighted by molar-refractivity contribution is 6.58. The third-order valence-electron chi connectivity index (χ3n) is 3.26. The zero-order valence-electron chi connectivity index (χ0n) is 11.2. The second-order valence-electron chi connectivity index (χ2n) is 4.77. The van der Waals surface area contributed by atoms with E-state index in [9.17, 15) is 14.3 Å². The van der Waals surface area contributed by atoms with E-state index >= 15 is 0 Å². The van der Waals surface area contributed by atoms with Crippen LogP contribution in [0.25, 0.3) is 6.08 Å². The van der Waals surface area contributed by atoms with Crippen LogP contribution in [0.15, 0.2) is 42.2 Å². The molecule has 0 fully saturated rings. The first-order valence-electron chi connectivity index (χ1n) is 6.38. The number of benzene rings is 2. The zero-order chi connectivity index (χ0) is 15.9. The fourth-order valence-electron chi connectivity index (χ4n) is 2.14. The topological polar surface area (TPSA) is 87.0 Å². The van der Waals surface area contributed by atoms with Crippen LogP contribution in [0.5, 0.6) is 11.5 Å². The SMILES string of the molecule is O=C1/C(=C/c2ccc(B(O)O)cc2F)Oc2cc(O)ccc21. The number of hydrogen-bond donors (Lipinski definition) is 3. The molecule has 3 rings (SSSR count). The van der Waals surface area contributed by atoms with Crippen LogP contribution in [0, 0.1) is 5.82 Å². The number of rotatable bonds is 2. The molecule has 0 aliphatic carbocycles. The monoisotopic (exact) mass is 300 g/mol. The first-order valence-corrected chi connectivity index (χ1v) is 6.38. The van der Waals surface area contributed by atoms with E-state index < -0.39 is 18.7 Å². The minimum absolute atomic E-state index is 0.00604. The van der Waals surface area contributed by atoms with E-state index in [2.05, 4.69) is 0 Å². The molecule has 0 saturated carbocycles. The number of phenols is 1. The van der Waals surface area contributed by atoms with E-state index in [1.54, 1.807) is 0 Å². The summed E-state index contributed by atoms with van der Waals surface area (Å²) in [4.78, 5) is 12.1. The largest absolute Gasteiger partial charge is 0.508 e. The molecule has 0 bridgehead atoms. The lowest BCUT2D eigenvalue weighted by Crippen LogP contribution is -2.30. The van der Waals surface area contributed by atoms with Crippen molar-refractivity contribution >= 4 is 24.4 Å². The minimum Gasteiger partial charge on any atom is -0.508 e. The predicted molar refractivity (Wildman–Crippen MR) is 77.3 cm³/mol. The van der Waals surface area contributed by atoms with E-state index in [0.29, 0.717) is 0 Å². The summed E-state index contributed by atoms with van der Waals surface area (Å²) in [5, 5.41) is 27.3. The average molecular weight is 300 g/mol. The fraction of sp³-hybridized carbons (Fsp3) is 0. The molecule has 2 aromatic rings. The highest BCUT2D eigenvalue weighted by Crippen LogP contribution is 2.34. The third-order valence-corrected chi connectivity index (χ3v) is 3.26. The molecule has 0 amide bonds. The van der Waals surface area contributed by atoms with Crippen LogP contribution < -0.4 is 10.2 Å². The first-order chi connectivity index (χ1) is 10.5. The van der Waals surface area contributed by atoms with E-state index in [0.717, 1.165) is 6.07 Å². The maximum Gasteiger partial charge on any atom is 0.488 e. The molecule has 0 spiro atoms. The normalized spacial score (nSPS) is 14.9. The predicted octanol–water partition coefficient (Wildman–Crippen LogP) is 0.827. The van der Waals surface area contributed by atoms with Crippen molar-refractivity contribution in [3.05, 3.63) is 59.1 Å². The molecule has 3 N–H and O–H groups in total. The van der Waals surface area contributed by atoms with Crippen LogP contribution in [-0.4, -0.2) is 28.1 Å². The number of ketones is 1.